The summed E-state index contributed by atoms with van der Waals surface area (Å²) in [5, 5.41) is 8.45. The second-order valence-electron chi connectivity index (χ2n) is 4.40. The van der Waals surface area contributed by atoms with Crippen LogP contribution in [0, 0.1) is 0 Å². The molecule has 0 aromatic rings. The number of carboxylic acids is 1. The number of Topliss-reactive ketones (excluding diaryl/α,β-unsaturated/α-hetero) is 1. The third kappa shape index (κ3) is 3.81. The molecule has 2 N–H and O–H groups in total. The van der Waals surface area contributed by atoms with Crippen LogP contribution in [0.3, 0.4) is 0 Å². The van der Waals surface area contributed by atoms with E-state index in [1.165, 1.54) is 0 Å². The Morgan fingerprint density at radius 2 is 1.24 bits per heavy atom. The minimum atomic E-state index is -7.55. The summed E-state index contributed by atoms with van der Waals surface area (Å²) in [6.07, 6.45) is -7.30. The van der Waals surface area contributed by atoms with Gasteiger partial charge in [-0.15, -0.1) is 0 Å². The van der Waals surface area contributed by atoms with Gasteiger partial charge >= 0.3 is 40.3 Å². The molecular formula is C8H5F9O7S. The predicted octanol–water partition coefficient (Wildman–Crippen LogP) is 1.69. The third-order valence-electron chi connectivity index (χ3n) is 2.54. The molecule has 25 heavy (non-hydrogen) atoms. The van der Waals surface area contributed by atoms with Crippen LogP contribution >= 0.6 is 0 Å². The summed E-state index contributed by atoms with van der Waals surface area (Å²) in [5.74, 6) is -29.3. The van der Waals surface area contributed by atoms with Crippen molar-refractivity contribution in [3.05, 3.63) is 0 Å². The average Bonchev–Trinajstić information content (AvgIpc) is 2.33. The Morgan fingerprint density at radius 1 is 0.880 bits per heavy atom. The fourth-order valence-electron chi connectivity index (χ4n) is 1.20. The largest absolute Gasteiger partial charge is 0.479 e. The standard InChI is InChI=1S/C8H5F9O7S/c1-4(3(19)20,24-25(21,22)23)2(18)5(9,10)6(11,12)7(13,14)8(15,16)17/h1H3,(H,19,20)(H,21,22,23). The molecule has 0 aromatic carbocycles. The van der Waals surface area contributed by atoms with Crippen molar-refractivity contribution in [3.8, 4) is 0 Å². The lowest BCUT2D eigenvalue weighted by Crippen LogP contribution is -2.68. The Kier molecular flexibility index (Phi) is 5.59. The van der Waals surface area contributed by atoms with Crippen LogP contribution in [0.5, 0.6) is 0 Å². The fourth-order valence-corrected chi connectivity index (χ4v) is 1.77. The van der Waals surface area contributed by atoms with E-state index < -0.39 is 58.6 Å². The first-order valence-corrected chi connectivity index (χ1v) is 6.58. The van der Waals surface area contributed by atoms with Gasteiger partial charge in [0.15, 0.2) is 0 Å². The number of rotatable bonds is 7. The van der Waals surface area contributed by atoms with Crippen molar-refractivity contribution < 1.29 is 71.4 Å². The molecular weight excluding hydrogens is 411 g/mol. The van der Waals surface area contributed by atoms with Gasteiger partial charge in [0.25, 0.3) is 5.78 Å². The van der Waals surface area contributed by atoms with Crippen LogP contribution in [0.2, 0.25) is 0 Å². The Labute approximate surface area is 131 Å². The van der Waals surface area contributed by atoms with Crippen LogP contribution in [0.25, 0.3) is 0 Å². The number of halogens is 9. The summed E-state index contributed by atoms with van der Waals surface area (Å²) in [5.41, 5.74) is -4.66. The predicted molar refractivity (Wildman–Crippen MR) is 54.6 cm³/mol. The molecule has 0 saturated carbocycles. The minimum Gasteiger partial charge on any atom is -0.479 e. The maximum absolute atomic E-state index is 13.4. The summed E-state index contributed by atoms with van der Waals surface area (Å²) >= 11 is 0. The van der Waals surface area contributed by atoms with Crippen molar-refractivity contribution >= 4 is 22.2 Å². The zero-order valence-electron chi connectivity index (χ0n) is 11.2. The van der Waals surface area contributed by atoms with Crippen molar-refractivity contribution in [1.82, 2.24) is 0 Å². The van der Waals surface area contributed by atoms with Gasteiger partial charge in [-0.2, -0.15) is 47.9 Å². The van der Waals surface area contributed by atoms with Gasteiger partial charge in [-0.1, -0.05) is 0 Å². The summed E-state index contributed by atoms with van der Waals surface area (Å²) in [7, 11) is -6.13. The summed E-state index contributed by atoms with van der Waals surface area (Å²) in [6.45, 7) is -0.499. The van der Waals surface area contributed by atoms with Gasteiger partial charge in [-0.25, -0.2) is 8.98 Å². The van der Waals surface area contributed by atoms with E-state index in [0.717, 1.165) is 0 Å². The molecule has 0 heterocycles. The van der Waals surface area contributed by atoms with Gasteiger partial charge in [0.05, 0.1) is 0 Å². The SMILES string of the molecule is CC(OS(=O)(=O)O)(C(=O)O)C(=O)C(F)(F)C(F)(F)C(F)(F)C(F)(F)F. The Bertz CT molecular complexity index is 668. The topological polar surface area (TPSA) is 118 Å². The Hall–Kier alpha value is -1.62. The van der Waals surface area contributed by atoms with Gasteiger partial charge in [0, 0.05) is 0 Å². The molecule has 0 bridgehead atoms. The first kappa shape index (κ1) is 23.4. The molecule has 0 aliphatic heterocycles. The highest BCUT2D eigenvalue weighted by molar-refractivity contribution is 7.81. The second-order valence-corrected chi connectivity index (χ2v) is 5.42. The van der Waals surface area contributed by atoms with Crippen LogP contribution in [0.1, 0.15) is 6.92 Å². The summed E-state index contributed by atoms with van der Waals surface area (Å²) in [6, 6.07) is 0. The van der Waals surface area contributed by atoms with Gasteiger partial charge < -0.3 is 5.11 Å². The minimum absolute atomic E-state index is 0.499. The van der Waals surface area contributed by atoms with Crippen molar-refractivity contribution in [1.29, 1.82) is 0 Å². The molecule has 7 nitrogen and oxygen atoms in total. The van der Waals surface area contributed by atoms with Crippen molar-refractivity contribution in [3.63, 3.8) is 0 Å². The van der Waals surface area contributed by atoms with E-state index in [1.54, 1.807) is 0 Å². The molecule has 1 unspecified atom stereocenters. The lowest BCUT2D eigenvalue weighted by molar-refractivity contribution is -0.389. The molecule has 0 radical (unpaired) electrons. The molecule has 0 spiro atoms. The normalized spacial score (nSPS) is 17.1. The number of alkyl halides is 9. The molecule has 0 aromatic heterocycles. The maximum atomic E-state index is 13.4. The lowest BCUT2D eigenvalue weighted by atomic mass is 9.90. The molecule has 17 heteroatoms. The highest BCUT2D eigenvalue weighted by Gasteiger charge is 2.85. The summed E-state index contributed by atoms with van der Waals surface area (Å²) in [4.78, 5) is 21.9. The molecule has 0 rings (SSSR count). The quantitative estimate of drug-likeness (QED) is 0.368. The second kappa shape index (κ2) is 5.97. The number of ketones is 1. The number of carbonyl (C=O) groups is 2. The molecule has 0 aliphatic rings. The highest BCUT2D eigenvalue weighted by atomic mass is 32.3. The maximum Gasteiger partial charge on any atom is 0.460 e. The van der Waals surface area contributed by atoms with E-state index in [2.05, 4.69) is 4.18 Å². The molecule has 0 amide bonds. The van der Waals surface area contributed by atoms with Gasteiger partial charge in [0.2, 0.25) is 5.60 Å². The zero-order valence-corrected chi connectivity index (χ0v) is 12.1. The first-order valence-electron chi connectivity index (χ1n) is 5.22. The monoisotopic (exact) mass is 416 g/mol. The number of hydrogen-bond donors (Lipinski definition) is 2. The smallest absolute Gasteiger partial charge is 0.460 e. The van der Waals surface area contributed by atoms with Crippen LogP contribution in [0.15, 0.2) is 0 Å². The number of aliphatic carboxylic acids is 1. The van der Waals surface area contributed by atoms with Crippen molar-refractivity contribution in [2.75, 3.05) is 0 Å². The van der Waals surface area contributed by atoms with E-state index in [9.17, 15) is 57.5 Å². The van der Waals surface area contributed by atoms with E-state index in [-0.39, 0.29) is 0 Å². The van der Waals surface area contributed by atoms with Gasteiger partial charge in [0.1, 0.15) is 0 Å². The molecule has 0 aliphatic carbocycles. The number of carbonyl (C=O) groups excluding carboxylic acids is 1. The van der Waals surface area contributed by atoms with Crippen LogP contribution in [0.4, 0.5) is 39.5 Å². The number of hydrogen-bond acceptors (Lipinski definition) is 5. The van der Waals surface area contributed by atoms with Gasteiger partial charge in [-0.05, 0) is 6.92 Å². The fraction of sp³-hybridized carbons (Fsp3) is 0.750. The first-order chi connectivity index (χ1) is 10.6. The lowest BCUT2D eigenvalue weighted by Gasteiger charge is -2.35. The van der Waals surface area contributed by atoms with E-state index >= 15 is 0 Å². The number of carboxylic acid groups (broad SMARTS) is 1. The Morgan fingerprint density at radius 3 is 1.48 bits per heavy atom. The van der Waals surface area contributed by atoms with Crippen LogP contribution < -0.4 is 0 Å². The highest BCUT2D eigenvalue weighted by Crippen LogP contribution is 2.54. The van der Waals surface area contributed by atoms with Gasteiger partial charge in [-0.3, -0.25) is 9.35 Å². The zero-order chi connectivity index (χ0) is 20.9. The van der Waals surface area contributed by atoms with E-state index in [1.807, 2.05) is 0 Å². The van der Waals surface area contributed by atoms with Crippen molar-refractivity contribution in [2.45, 2.75) is 36.5 Å². The summed E-state index contributed by atoms with van der Waals surface area (Å²) < 4.78 is 146. The Balaban J connectivity index is 6.40. The molecule has 0 saturated heterocycles. The van der Waals surface area contributed by atoms with E-state index in [0.29, 0.717) is 0 Å². The van der Waals surface area contributed by atoms with Crippen LogP contribution in [-0.4, -0.2) is 59.4 Å². The molecule has 148 valence electrons. The van der Waals surface area contributed by atoms with Crippen LogP contribution in [-0.2, 0) is 24.2 Å². The van der Waals surface area contributed by atoms with E-state index in [4.69, 9.17) is 9.66 Å². The third-order valence-corrected chi connectivity index (χ3v) is 3.09. The molecule has 0 fully saturated rings. The average molecular weight is 416 g/mol. The van der Waals surface area contributed by atoms with Crippen molar-refractivity contribution in [2.24, 2.45) is 0 Å². The molecule has 1 atom stereocenters.